The minimum atomic E-state index is 0.0518. The lowest BCUT2D eigenvalue weighted by molar-refractivity contribution is 0.0927. The Hall–Kier alpha value is -0.120. The number of nitrogens with one attached hydrogen (secondary N) is 1. The van der Waals surface area contributed by atoms with Crippen LogP contribution in [0.2, 0.25) is 0 Å². The number of piperidine rings is 1. The van der Waals surface area contributed by atoms with Crippen molar-refractivity contribution in [3.05, 3.63) is 0 Å². The number of aliphatic hydroxyl groups is 1. The molecule has 3 nitrogen and oxygen atoms in total. The quantitative estimate of drug-likeness (QED) is 0.791. The molecule has 0 spiro atoms. The number of likely N-dealkylation sites (tertiary alicyclic amines) is 1. The van der Waals surface area contributed by atoms with Crippen LogP contribution in [0, 0.1) is 11.3 Å². The molecule has 0 bridgehead atoms. The summed E-state index contributed by atoms with van der Waals surface area (Å²) in [4.78, 5) is 2.66. The minimum Gasteiger partial charge on any atom is -0.394 e. The molecule has 3 aliphatic rings. The van der Waals surface area contributed by atoms with E-state index in [1.165, 1.54) is 71.0 Å². The van der Waals surface area contributed by atoms with Crippen molar-refractivity contribution in [2.45, 2.75) is 76.8 Å². The van der Waals surface area contributed by atoms with E-state index in [9.17, 15) is 5.11 Å². The lowest BCUT2D eigenvalue weighted by Crippen LogP contribution is -2.53. The van der Waals surface area contributed by atoms with E-state index >= 15 is 0 Å². The highest BCUT2D eigenvalue weighted by Gasteiger charge is 2.45. The second-order valence-electron chi connectivity index (χ2n) is 8.62. The predicted molar refractivity (Wildman–Crippen MR) is 87.4 cm³/mol. The van der Waals surface area contributed by atoms with E-state index in [0.29, 0.717) is 24.0 Å². The topological polar surface area (TPSA) is 35.5 Å². The van der Waals surface area contributed by atoms with Gasteiger partial charge in [-0.05, 0) is 75.9 Å². The average molecular weight is 294 g/mol. The molecule has 0 aromatic rings. The summed E-state index contributed by atoms with van der Waals surface area (Å²) in [6.07, 6.45) is 10.3. The Morgan fingerprint density at radius 3 is 2.43 bits per heavy atom. The van der Waals surface area contributed by atoms with Crippen LogP contribution in [0.3, 0.4) is 0 Å². The van der Waals surface area contributed by atoms with Gasteiger partial charge in [0.05, 0.1) is 6.61 Å². The van der Waals surface area contributed by atoms with Gasteiger partial charge < -0.3 is 15.3 Å². The van der Waals surface area contributed by atoms with Gasteiger partial charge in [-0.3, -0.25) is 0 Å². The van der Waals surface area contributed by atoms with Crippen molar-refractivity contribution in [3.63, 3.8) is 0 Å². The van der Waals surface area contributed by atoms with E-state index in [1.807, 2.05) is 0 Å². The third-order valence-electron chi connectivity index (χ3n) is 6.31. The third kappa shape index (κ3) is 3.80. The summed E-state index contributed by atoms with van der Waals surface area (Å²) in [5.74, 6) is 0.679. The Bertz CT molecular complexity index is 343. The molecule has 3 rings (SSSR count). The second kappa shape index (κ2) is 6.17. The number of aliphatic hydroxyl groups excluding tert-OH is 1. The molecule has 2 unspecified atom stereocenters. The van der Waals surface area contributed by atoms with Crippen molar-refractivity contribution in [1.29, 1.82) is 0 Å². The number of hydrogen-bond donors (Lipinski definition) is 2. The van der Waals surface area contributed by atoms with Crippen molar-refractivity contribution < 1.29 is 5.11 Å². The first-order valence-corrected chi connectivity index (χ1v) is 9.14. The van der Waals surface area contributed by atoms with E-state index < -0.39 is 0 Å². The zero-order valence-corrected chi connectivity index (χ0v) is 14.0. The zero-order valence-electron chi connectivity index (χ0n) is 14.0. The Labute approximate surface area is 130 Å². The van der Waals surface area contributed by atoms with Crippen molar-refractivity contribution in [2.24, 2.45) is 11.3 Å². The molecule has 1 aliphatic heterocycles. The van der Waals surface area contributed by atoms with Gasteiger partial charge in [0.25, 0.3) is 0 Å². The number of hydrogen-bond acceptors (Lipinski definition) is 3. The molecule has 0 aromatic heterocycles. The van der Waals surface area contributed by atoms with Crippen molar-refractivity contribution in [3.8, 4) is 0 Å². The predicted octanol–water partition coefficient (Wildman–Crippen LogP) is 2.78. The summed E-state index contributed by atoms with van der Waals surface area (Å²) in [7, 11) is 0. The van der Waals surface area contributed by atoms with Crippen LogP contribution in [0.15, 0.2) is 0 Å². The summed E-state index contributed by atoms with van der Waals surface area (Å²) in [5, 5.41) is 13.8. The molecular formula is C18H34N2O. The SMILES string of the molecule is CC1(C)CCN(CCC2CCCC2(CO)NC2CC2)CC1. The van der Waals surface area contributed by atoms with Gasteiger partial charge in [-0.2, -0.15) is 0 Å². The molecule has 0 amide bonds. The highest BCUT2D eigenvalue weighted by Crippen LogP contribution is 2.40. The van der Waals surface area contributed by atoms with Crippen LogP contribution in [-0.4, -0.2) is 47.8 Å². The molecule has 0 aromatic carbocycles. The fourth-order valence-corrected chi connectivity index (χ4v) is 4.36. The van der Waals surface area contributed by atoms with E-state index in [4.69, 9.17) is 0 Å². The van der Waals surface area contributed by atoms with Crippen molar-refractivity contribution >= 4 is 0 Å². The van der Waals surface area contributed by atoms with Gasteiger partial charge in [-0.25, -0.2) is 0 Å². The van der Waals surface area contributed by atoms with Gasteiger partial charge in [-0.1, -0.05) is 20.3 Å². The smallest absolute Gasteiger partial charge is 0.0616 e. The van der Waals surface area contributed by atoms with Crippen LogP contribution in [0.4, 0.5) is 0 Å². The molecule has 2 atom stereocenters. The van der Waals surface area contributed by atoms with Crippen LogP contribution in [0.25, 0.3) is 0 Å². The molecule has 3 heteroatoms. The molecule has 2 N–H and O–H groups in total. The van der Waals surface area contributed by atoms with Crippen LogP contribution in [0.1, 0.15) is 65.2 Å². The maximum atomic E-state index is 9.99. The molecule has 1 heterocycles. The van der Waals surface area contributed by atoms with E-state index in [0.717, 1.165) is 0 Å². The van der Waals surface area contributed by atoms with Crippen LogP contribution >= 0.6 is 0 Å². The molecule has 21 heavy (non-hydrogen) atoms. The molecule has 0 radical (unpaired) electrons. The molecule has 2 aliphatic carbocycles. The lowest BCUT2D eigenvalue weighted by Gasteiger charge is -2.39. The maximum absolute atomic E-state index is 9.99. The fraction of sp³-hybridized carbons (Fsp3) is 1.00. The summed E-state index contributed by atoms with van der Waals surface area (Å²) in [6.45, 7) is 8.90. The average Bonchev–Trinajstić information content (AvgIpc) is 3.17. The zero-order chi connectivity index (χ0) is 14.9. The standard InChI is InChI=1S/C18H34N2O/c1-17(2)9-12-20(13-10-17)11-7-15-4-3-8-18(15,14-21)19-16-5-6-16/h15-16,19,21H,3-14H2,1-2H3. The molecule has 3 fully saturated rings. The first-order valence-electron chi connectivity index (χ1n) is 9.14. The van der Waals surface area contributed by atoms with E-state index in [-0.39, 0.29) is 5.54 Å². The fourth-order valence-electron chi connectivity index (χ4n) is 4.36. The number of nitrogens with zero attached hydrogens (tertiary/aromatic N) is 1. The Kier molecular flexibility index (Phi) is 4.63. The Morgan fingerprint density at radius 2 is 1.81 bits per heavy atom. The first kappa shape index (κ1) is 15.8. The van der Waals surface area contributed by atoms with Crippen LogP contribution in [-0.2, 0) is 0 Å². The largest absolute Gasteiger partial charge is 0.394 e. The Balaban J connectivity index is 1.49. The lowest BCUT2D eigenvalue weighted by atomic mass is 9.82. The monoisotopic (exact) mass is 294 g/mol. The van der Waals surface area contributed by atoms with Gasteiger partial charge in [0.15, 0.2) is 0 Å². The van der Waals surface area contributed by atoms with E-state index in [1.54, 1.807) is 0 Å². The van der Waals surface area contributed by atoms with Gasteiger partial charge in [0.1, 0.15) is 0 Å². The second-order valence-corrected chi connectivity index (χ2v) is 8.62. The highest BCUT2D eigenvalue weighted by molar-refractivity contribution is 5.03. The minimum absolute atomic E-state index is 0.0518. The summed E-state index contributed by atoms with van der Waals surface area (Å²) >= 11 is 0. The van der Waals surface area contributed by atoms with Crippen molar-refractivity contribution in [2.75, 3.05) is 26.2 Å². The van der Waals surface area contributed by atoms with Gasteiger partial charge >= 0.3 is 0 Å². The maximum Gasteiger partial charge on any atom is 0.0616 e. The van der Waals surface area contributed by atoms with Gasteiger partial charge in [0.2, 0.25) is 0 Å². The van der Waals surface area contributed by atoms with Gasteiger partial charge in [0, 0.05) is 11.6 Å². The highest BCUT2D eigenvalue weighted by atomic mass is 16.3. The molecule has 122 valence electrons. The Morgan fingerprint density at radius 1 is 1.10 bits per heavy atom. The molecular weight excluding hydrogens is 260 g/mol. The normalized spacial score (nSPS) is 37.0. The molecule has 1 saturated heterocycles. The first-order chi connectivity index (χ1) is 10.0. The van der Waals surface area contributed by atoms with Gasteiger partial charge in [-0.15, -0.1) is 0 Å². The summed E-state index contributed by atoms with van der Waals surface area (Å²) in [6, 6.07) is 0.702. The van der Waals surface area contributed by atoms with E-state index in [2.05, 4.69) is 24.1 Å². The van der Waals surface area contributed by atoms with Crippen molar-refractivity contribution in [1.82, 2.24) is 10.2 Å². The van der Waals surface area contributed by atoms with Crippen LogP contribution in [0.5, 0.6) is 0 Å². The van der Waals surface area contributed by atoms with Crippen LogP contribution < -0.4 is 5.32 Å². The third-order valence-corrected chi connectivity index (χ3v) is 6.31. The number of rotatable bonds is 6. The summed E-state index contributed by atoms with van der Waals surface area (Å²) in [5.41, 5.74) is 0.600. The summed E-state index contributed by atoms with van der Waals surface area (Å²) < 4.78 is 0. The molecule has 2 saturated carbocycles.